The highest BCUT2D eigenvalue weighted by Gasteiger charge is 2.13. The lowest BCUT2D eigenvalue weighted by Gasteiger charge is -2.13. The molecule has 0 bridgehead atoms. The van der Waals surface area contributed by atoms with Crippen LogP contribution >= 0.6 is 0 Å². The molecule has 8 heteroatoms. The van der Waals surface area contributed by atoms with Gasteiger partial charge in [0.1, 0.15) is 11.6 Å². The lowest BCUT2D eigenvalue weighted by molar-refractivity contribution is -0.142. The van der Waals surface area contributed by atoms with E-state index in [1.807, 2.05) is 30.3 Å². The third kappa shape index (κ3) is 5.66. The van der Waals surface area contributed by atoms with Crippen molar-refractivity contribution in [2.75, 3.05) is 19.0 Å². The van der Waals surface area contributed by atoms with E-state index in [0.717, 1.165) is 5.56 Å². The number of nitrogens with one attached hydrogen (secondary N) is 2. The molecule has 0 aliphatic heterocycles. The molecule has 0 fully saturated rings. The molecule has 34 heavy (non-hydrogen) atoms. The van der Waals surface area contributed by atoms with Crippen LogP contribution in [0.5, 0.6) is 5.75 Å². The van der Waals surface area contributed by atoms with E-state index in [2.05, 4.69) is 20.4 Å². The SMILES string of the molecule is COC(=O)COc1cc(-c2ccc(F)cc2)nc2ccc(NC(=O)NCc3ccccc3)cc12. The zero-order chi connectivity index (χ0) is 23.9. The number of pyridine rings is 1. The van der Waals surface area contributed by atoms with Gasteiger partial charge in [-0.3, -0.25) is 0 Å². The van der Waals surface area contributed by atoms with Gasteiger partial charge in [-0.15, -0.1) is 0 Å². The molecule has 4 rings (SSSR count). The minimum atomic E-state index is -0.539. The molecule has 0 saturated heterocycles. The number of methoxy groups -OCH3 is 1. The van der Waals surface area contributed by atoms with Gasteiger partial charge in [-0.2, -0.15) is 0 Å². The van der Waals surface area contributed by atoms with Crippen molar-refractivity contribution >= 4 is 28.6 Å². The Kier molecular flexibility index (Phi) is 6.98. The Morgan fingerprint density at radius 3 is 2.47 bits per heavy atom. The largest absolute Gasteiger partial charge is 0.481 e. The first-order valence-corrected chi connectivity index (χ1v) is 10.5. The summed E-state index contributed by atoms with van der Waals surface area (Å²) in [6.45, 7) is 0.0873. The summed E-state index contributed by atoms with van der Waals surface area (Å²) in [6, 6.07) is 21.9. The number of esters is 1. The first-order valence-electron chi connectivity index (χ1n) is 10.5. The number of amides is 2. The number of fused-ring (bicyclic) bond motifs is 1. The molecule has 0 radical (unpaired) electrons. The fraction of sp³-hybridized carbons (Fsp3) is 0.115. The predicted octanol–water partition coefficient (Wildman–Crippen LogP) is 4.91. The van der Waals surface area contributed by atoms with Crippen molar-refractivity contribution in [1.29, 1.82) is 0 Å². The van der Waals surface area contributed by atoms with Gasteiger partial charge >= 0.3 is 12.0 Å². The number of anilines is 1. The summed E-state index contributed by atoms with van der Waals surface area (Å²) < 4.78 is 23.7. The molecule has 7 nitrogen and oxygen atoms in total. The van der Waals surface area contributed by atoms with Crippen LogP contribution in [0.1, 0.15) is 5.56 Å². The molecule has 4 aromatic rings. The Bertz CT molecular complexity index is 1310. The van der Waals surface area contributed by atoms with E-state index in [0.29, 0.717) is 40.1 Å². The van der Waals surface area contributed by atoms with Gasteiger partial charge in [-0.1, -0.05) is 30.3 Å². The van der Waals surface area contributed by atoms with Crippen LogP contribution in [0.2, 0.25) is 0 Å². The summed E-state index contributed by atoms with van der Waals surface area (Å²) in [4.78, 5) is 28.6. The fourth-order valence-electron chi connectivity index (χ4n) is 3.31. The first kappa shape index (κ1) is 22.7. The highest BCUT2D eigenvalue weighted by molar-refractivity contribution is 5.95. The maximum atomic E-state index is 13.3. The Labute approximate surface area is 195 Å². The number of carbonyl (C=O) groups excluding carboxylic acids is 2. The molecule has 0 spiro atoms. The second-order valence-corrected chi connectivity index (χ2v) is 7.40. The number of nitrogens with zero attached hydrogens (tertiary/aromatic N) is 1. The first-order chi connectivity index (χ1) is 16.5. The molecule has 1 aromatic heterocycles. The number of benzene rings is 3. The quantitative estimate of drug-likeness (QED) is 0.383. The smallest absolute Gasteiger partial charge is 0.343 e. The summed E-state index contributed by atoms with van der Waals surface area (Å²) >= 11 is 0. The van der Waals surface area contributed by atoms with E-state index < -0.39 is 5.97 Å². The normalized spacial score (nSPS) is 10.5. The van der Waals surface area contributed by atoms with Gasteiger partial charge in [-0.25, -0.2) is 19.0 Å². The minimum absolute atomic E-state index is 0.298. The van der Waals surface area contributed by atoms with E-state index >= 15 is 0 Å². The van der Waals surface area contributed by atoms with Crippen LogP contribution in [-0.4, -0.2) is 30.7 Å². The van der Waals surface area contributed by atoms with Crippen LogP contribution in [0.25, 0.3) is 22.2 Å². The summed E-state index contributed by atoms with van der Waals surface area (Å²) in [5.74, 6) is -0.515. The average Bonchev–Trinajstić information content (AvgIpc) is 2.87. The Morgan fingerprint density at radius 1 is 0.971 bits per heavy atom. The number of hydrogen-bond acceptors (Lipinski definition) is 5. The van der Waals surface area contributed by atoms with Gasteiger partial charge in [0.05, 0.1) is 18.3 Å². The number of rotatable bonds is 7. The maximum Gasteiger partial charge on any atom is 0.343 e. The predicted molar refractivity (Wildman–Crippen MR) is 127 cm³/mol. The third-order valence-corrected chi connectivity index (χ3v) is 5.04. The van der Waals surface area contributed by atoms with Gasteiger partial charge in [0.15, 0.2) is 6.61 Å². The van der Waals surface area contributed by atoms with Crippen LogP contribution < -0.4 is 15.4 Å². The number of halogens is 1. The molecule has 172 valence electrons. The molecule has 0 atom stereocenters. The van der Waals surface area contributed by atoms with Crippen LogP contribution in [0.3, 0.4) is 0 Å². The highest BCUT2D eigenvalue weighted by Crippen LogP contribution is 2.32. The molecular weight excluding hydrogens is 437 g/mol. The zero-order valence-corrected chi connectivity index (χ0v) is 18.4. The van der Waals surface area contributed by atoms with E-state index in [9.17, 15) is 14.0 Å². The maximum absolute atomic E-state index is 13.3. The monoisotopic (exact) mass is 459 g/mol. The Morgan fingerprint density at radius 2 is 1.74 bits per heavy atom. The summed E-state index contributed by atoms with van der Waals surface area (Å²) in [5.41, 5.74) is 3.32. The molecule has 2 N–H and O–H groups in total. The fourth-order valence-corrected chi connectivity index (χ4v) is 3.31. The molecule has 3 aromatic carbocycles. The van der Waals surface area contributed by atoms with Gasteiger partial charge in [0.2, 0.25) is 0 Å². The molecule has 2 amide bonds. The van der Waals surface area contributed by atoms with Crippen LogP contribution in [-0.2, 0) is 16.1 Å². The average molecular weight is 459 g/mol. The summed E-state index contributed by atoms with van der Waals surface area (Å²) in [6.07, 6.45) is 0. The number of hydrogen-bond donors (Lipinski definition) is 2. The number of aromatic nitrogens is 1. The van der Waals surface area contributed by atoms with Crippen LogP contribution in [0, 0.1) is 5.82 Å². The van der Waals surface area contributed by atoms with Gasteiger partial charge in [-0.05, 0) is 48.0 Å². The van der Waals surface area contributed by atoms with E-state index in [1.54, 1.807) is 36.4 Å². The molecular formula is C26H22FN3O4. The van der Waals surface area contributed by atoms with Crippen LogP contribution in [0.4, 0.5) is 14.9 Å². The number of carbonyl (C=O) groups is 2. The van der Waals surface area contributed by atoms with Gasteiger partial charge in [0.25, 0.3) is 0 Å². The Balaban J connectivity index is 1.60. The minimum Gasteiger partial charge on any atom is -0.481 e. The molecule has 0 aliphatic carbocycles. The van der Waals surface area contributed by atoms with E-state index in [4.69, 9.17) is 4.74 Å². The van der Waals surface area contributed by atoms with Crippen molar-refractivity contribution in [3.05, 3.63) is 90.2 Å². The second-order valence-electron chi connectivity index (χ2n) is 7.40. The number of ether oxygens (including phenoxy) is 2. The molecule has 1 heterocycles. The zero-order valence-electron chi connectivity index (χ0n) is 18.4. The van der Waals surface area contributed by atoms with Gasteiger partial charge < -0.3 is 20.1 Å². The summed E-state index contributed by atoms with van der Waals surface area (Å²) in [7, 11) is 1.27. The molecule has 0 unspecified atom stereocenters. The van der Waals surface area contributed by atoms with Crippen molar-refractivity contribution in [2.45, 2.75) is 6.54 Å². The Hall–Kier alpha value is -4.46. The van der Waals surface area contributed by atoms with Crippen molar-refractivity contribution < 1.29 is 23.5 Å². The lowest BCUT2D eigenvalue weighted by Crippen LogP contribution is -2.28. The summed E-state index contributed by atoms with van der Waals surface area (Å²) in [5, 5.41) is 6.19. The van der Waals surface area contributed by atoms with Crippen LogP contribution in [0.15, 0.2) is 78.9 Å². The van der Waals surface area contributed by atoms with Crippen molar-refractivity contribution in [2.24, 2.45) is 0 Å². The van der Waals surface area contributed by atoms with Crippen molar-refractivity contribution in [3.63, 3.8) is 0 Å². The molecule has 0 saturated carbocycles. The lowest BCUT2D eigenvalue weighted by atomic mass is 10.1. The van der Waals surface area contributed by atoms with Gasteiger partial charge in [0, 0.05) is 29.2 Å². The highest BCUT2D eigenvalue weighted by atomic mass is 19.1. The standard InChI is InChI=1S/C26H22FN3O4/c1-33-25(31)16-34-24-14-23(18-7-9-19(27)10-8-18)30-22-12-11-20(13-21(22)24)29-26(32)28-15-17-5-3-2-4-6-17/h2-14H,15-16H2,1H3,(H2,28,29,32). The van der Waals surface area contributed by atoms with E-state index in [-0.39, 0.29) is 18.5 Å². The second kappa shape index (κ2) is 10.4. The molecule has 0 aliphatic rings. The van der Waals surface area contributed by atoms with E-state index in [1.165, 1.54) is 19.2 Å². The van der Waals surface area contributed by atoms with Crippen molar-refractivity contribution in [1.82, 2.24) is 10.3 Å². The topological polar surface area (TPSA) is 89.6 Å². The van der Waals surface area contributed by atoms with Crippen molar-refractivity contribution in [3.8, 4) is 17.0 Å². The number of urea groups is 1. The third-order valence-electron chi connectivity index (χ3n) is 5.04.